The molecule has 98 valence electrons. The fourth-order valence-electron chi connectivity index (χ4n) is 2.09. The Morgan fingerprint density at radius 3 is 2.89 bits per heavy atom. The van der Waals surface area contributed by atoms with Gasteiger partial charge in [-0.3, -0.25) is 14.3 Å². The van der Waals surface area contributed by atoms with E-state index in [0.29, 0.717) is 11.6 Å². The zero-order valence-corrected chi connectivity index (χ0v) is 10.5. The van der Waals surface area contributed by atoms with Gasteiger partial charge in [-0.25, -0.2) is 0 Å². The van der Waals surface area contributed by atoms with Gasteiger partial charge in [0.1, 0.15) is 0 Å². The molecule has 0 spiro atoms. The van der Waals surface area contributed by atoms with Crippen molar-refractivity contribution >= 4 is 17.6 Å². The largest absolute Gasteiger partial charge is 0.481 e. The van der Waals surface area contributed by atoms with Gasteiger partial charge >= 0.3 is 5.97 Å². The van der Waals surface area contributed by atoms with Crippen molar-refractivity contribution in [2.45, 2.75) is 26.8 Å². The number of nitrogens with zero attached hydrogens (tertiary/aromatic N) is 3. The van der Waals surface area contributed by atoms with Crippen LogP contribution in [-0.2, 0) is 16.1 Å². The van der Waals surface area contributed by atoms with E-state index in [4.69, 9.17) is 5.11 Å². The molecule has 0 bridgehead atoms. The van der Waals surface area contributed by atoms with Gasteiger partial charge in [-0.1, -0.05) is 13.8 Å². The fourth-order valence-corrected chi connectivity index (χ4v) is 2.09. The van der Waals surface area contributed by atoms with Crippen LogP contribution in [0, 0.1) is 11.8 Å². The molecule has 1 aliphatic rings. The van der Waals surface area contributed by atoms with Crippen LogP contribution in [0.15, 0.2) is 12.4 Å². The van der Waals surface area contributed by atoms with E-state index in [-0.39, 0.29) is 18.9 Å². The second-order valence-electron chi connectivity index (χ2n) is 5.06. The van der Waals surface area contributed by atoms with Crippen LogP contribution in [0.5, 0.6) is 0 Å². The van der Waals surface area contributed by atoms with Crippen molar-refractivity contribution in [1.82, 2.24) is 9.78 Å². The topological polar surface area (TPSA) is 75.4 Å². The molecule has 1 atom stereocenters. The lowest BCUT2D eigenvalue weighted by Gasteiger charge is -2.12. The van der Waals surface area contributed by atoms with Gasteiger partial charge in [0.05, 0.1) is 17.8 Å². The number of aromatic nitrogens is 2. The third-order valence-corrected chi connectivity index (χ3v) is 2.96. The Balaban J connectivity index is 2.10. The van der Waals surface area contributed by atoms with Gasteiger partial charge in [0, 0.05) is 25.7 Å². The van der Waals surface area contributed by atoms with Crippen LogP contribution in [0.25, 0.3) is 0 Å². The Labute approximate surface area is 105 Å². The number of carbonyl (C=O) groups is 2. The van der Waals surface area contributed by atoms with Crippen molar-refractivity contribution in [2.24, 2.45) is 11.8 Å². The SMILES string of the molecule is CC(C)Cn1cc(N2C[C@@H](C(=O)O)CC2=O)cn1. The summed E-state index contributed by atoms with van der Waals surface area (Å²) in [7, 11) is 0. The number of aliphatic carboxylic acids is 1. The average molecular weight is 251 g/mol. The van der Waals surface area contributed by atoms with E-state index in [1.54, 1.807) is 17.1 Å². The minimum absolute atomic E-state index is 0.0741. The summed E-state index contributed by atoms with van der Waals surface area (Å²) in [4.78, 5) is 24.1. The Bertz CT molecular complexity index is 467. The first-order chi connectivity index (χ1) is 8.47. The van der Waals surface area contributed by atoms with Gasteiger partial charge in [-0.2, -0.15) is 5.10 Å². The maximum Gasteiger partial charge on any atom is 0.308 e. The summed E-state index contributed by atoms with van der Waals surface area (Å²) in [5.41, 5.74) is 0.685. The first kappa shape index (κ1) is 12.6. The summed E-state index contributed by atoms with van der Waals surface area (Å²) >= 11 is 0. The Hall–Kier alpha value is -1.85. The zero-order valence-electron chi connectivity index (χ0n) is 10.5. The molecule has 1 aliphatic heterocycles. The van der Waals surface area contributed by atoms with Crippen molar-refractivity contribution in [2.75, 3.05) is 11.4 Å². The molecule has 6 heteroatoms. The molecule has 6 nitrogen and oxygen atoms in total. The summed E-state index contributed by atoms with van der Waals surface area (Å²) < 4.78 is 1.78. The van der Waals surface area contributed by atoms with Crippen LogP contribution in [0.1, 0.15) is 20.3 Å². The number of rotatable bonds is 4. The lowest BCUT2D eigenvalue weighted by molar-refractivity contribution is -0.141. The lowest BCUT2D eigenvalue weighted by atomic mass is 10.1. The molecule has 2 rings (SSSR count). The molecule has 1 saturated heterocycles. The van der Waals surface area contributed by atoms with Gasteiger partial charge in [-0.05, 0) is 5.92 Å². The molecular formula is C12H17N3O3. The maximum absolute atomic E-state index is 11.7. The van der Waals surface area contributed by atoms with Gasteiger partial charge < -0.3 is 10.0 Å². The summed E-state index contributed by atoms with van der Waals surface area (Å²) in [5.74, 6) is -1.20. The molecule has 1 aromatic heterocycles. The van der Waals surface area contributed by atoms with E-state index in [1.165, 1.54) is 4.90 Å². The van der Waals surface area contributed by atoms with Gasteiger partial charge in [-0.15, -0.1) is 0 Å². The number of anilines is 1. The van der Waals surface area contributed by atoms with Gasteiger partial charge in [0.2, 0.25) is 5.91 Å². The number of hydrogen-bond acceptors (Lipinski definition) is 3. The Morgan fingerprint density at radius 2 is 2.33 bits per heavy atom. The standard InChI is InChI=1S/C12H17N3O3/c1-8(2)5-14-7-10(4-13-14)15-6-9(12(17)18)3-11(15)16/h4,7-9H,3,5-6H2,1-2H3,(H,17,18)/t9-/m0/s1. The summed E-state index contributed by atoms with van der Waals surface area (Å²) in [5, 5.41) is 13.1. The smallest absolute Gasteiger partial charge is 0.308 e. The summed E-state index contributed by atoms with van der Waals surface area (Å²) in [6, 6.07) is 0. The normalized spacial score (nSPS) is 19.8. The molecule has 18 heavy (non-hydrogen) atoms. The first-order valence-electron chi connectivity index (χ1n) is 6.03. The Kier molecular flexibility index (Phi) is 3.36. The highest BCUT2D eigenvalue weighted by Gasteiger charge is 2.35. The highest BCUT2D eigenvalue weighted by atomic mass is 16.4. The van der Waals surface area contributed by atoms with Crippen molar-refractivity contribution in [1.29, 1.82) is 0 Å². The van der Waals surface area contributed by atoms with Crippen LogP contribution in [0.3, 0.4) is 0 Å². The van der Waals surface area contributed by atoms with Crippen molar-refractivity contribution in [3.8, 4) is 0 Å². The number of amides is 1. The third kappa shape index (κ3) is 2.52. The fraction of sp³-hybridized carbons (Fsp3) is 0.583. The molecular weight excluding hydrogens is 234 g/mol. The van der Waals surface area contributed by atoms with Crippen LogP contribution in [0.2, 0.25) is 0 Å². The van der Waals surface area contributed by atoms with E-state index in [9.17, 15) is 9.59 Å². The minimum atomic E-state index is -0.916. The van der Waals surface area contributed by atoms with Gasteiger partial charge in [0.25, 0.3) is 0 Å². The minimum Gasteiger partial charge on any atom is -0.481 e. The van der Waals surface area contributed by atoms with Crippen LogP contribution in [0.4, 0.5) is 5.69 Å². The molecule has 1 fully saturated rings. The van der Waals surface area contributed by atoms with Crippen LogP contribution < -0.4 is 4.90 Å². The second kappa shape index (κ2) is 4.80. The Morgan fingerprint density at radius 1 is 1.61 bits per heavy atom. The quantitative estimate of drug-likeness (QED) is 0.865. The number of carboxylic acids is 1. The third-order valence-electron chi connectivity index (χ3n) is 2.96. The van der Waals surface area contributed by atoms with E-state index in [0.717, 1.165) is 6.54 Å². The number of carboxylic acid groups (broad SMARTS) is 1. The van der Waals surface area contributed by atoms with Crippen molar-refractivity contribution in [3.05, 3.63) is 12.4 Å². The molecule has 0 unspecified atom stereocenters. The summed E-state index contributed by atoms with van der Waals surface area (Å²) in [6.07, 6.45) is 3.48. The molecule has 1 amide bonds. The highest BCUT2D eigenvalue weighted by molar-refractivity contribution is 5.98. The number of hydrogen-bond donors (Lipinski definition) is 1. The predicted octanol–water partition coefficient (Wildman–Crippen LogP) is 0.977. The van der Waals surface area contributed by atoms with Crippen LogP contribution in [-0.4, -0.2) is 33.3 Å². The highest BCUT2D eigenvalue weighted by Crippen LogP contribution is 2.24. The predicted molar refractivity (Wildman–Crippen MR) is 65.2 cm³/mol. The van der Waals surface area contributed by atoms with E-state index in [1.807, 2.05) is 0 Å². The molecule has 0 radical (unpaired) electrons. The van der Waals surface area contributed by atoms with Crippen molar-refractivity contribution in [3.63, 3.8) is 0 Å². The molecule has 0 saturated carbocycles. The monoisotopic (exact) mass is 251 g/mol. The summed E-state index contributed by atoms with van der Waals surface area (Å²) in [6.45, 7) is 5.19. The van der Waals surface area contributed by atoms with E-state index < -0.39 is 11.9 Å². The molecule has 0 aliphatic carbocycles. The van der Waals surface area contributed by atoms with E-state index in [2.05, 4.69) is 18.9 Å². The molecule has 1 N–H and O–H groups in total. The van der Waals surface area contributed by atoms with Crippen molar-refractivity contribution < 1.29 is 14.7 Å². The maximum atomic E-state index is 11.7. The first-order valence-corrected chi connectivity index (χ1v) is 6.03. The second-order valence-corrected chi connectivity index (χ2v) is 5.06. The lowest BCUT2D eigenvalue weighted by Crippen LogP contribution is -2.25. The molecule has 1 aromatic rings. The van der Waals surface area contributed by atoms with E-state index >= 15 is 0 Å². The number of carbonyl (C=O) groups excluding carboxylic acids is 1. The van der Waals surface area contributed by atoms with Gasteiger partial charge in [0.15, 0.2) is 0 Å². The van der Waals surface area contributed by atoms with Crippen LogP contribution >= 0.6 is 0 Å². The molecule has 2 heterocycles. The zero-order chi connectivity index (χ0) is 13.3. The molecule has 0 aromatic carbocycles. The average Bonchev–Trinajstić information content (AvgIpc) is 2.83.